The van der Waals surface area contributed by atoms with Gasteiger partial charge in [0.05, 0.1) is 6.61 Å². The first-order valence-corrected chi connectivity index (χ1v) is 9.57. The van der Waals surface area contributed by atoms with Gasteiger partial charge in [0.15, 0.2) is 5.96 Å². The Hall–Kier alpha value is -2.60. The molecule has 0 radical (unpaired) electrons. The highest BCUT2D eigenvalue weighted by molar-refractivity contribution is 5.80. The molecule has 1 aliphatic rings. The first-order chi connectivity index (χ1) is 13.3. The van der Waals surface area contributed by atoms with Gasteiger partial charge >= 0.3 is 0 Å². The summed E-state index contributed by atoms with van der Waals surface area (Å²) in [6, 6.07) is 14.6. The molecule has 1 N–H and O–H groups in total. The number of piperazine rings is 1. The van der Waals surface area contributed by atoms with Gasteiger partial charge < -0.3 is 19.9 Å². The van der Waals surface area contributed by atoms with Gasteiger partial charge in [-0.3, -0.25) is 4.99 Å². The molecule has 2 aromatic rings. The maximum absolute atomic E-state index is 5.45. The van der Waals surface area contributed by atoms with Crippen molar-refractivity contribution < 1.29 is 4.74 Å². The zero-order chi connectivity index (χ0) is 18.9. The third-order valence-electron chi connectivity index (χ3n) is 4.71. The van der Waals surface area contributed by atoms with Crippen molar-refractivity contribution in [2.75, 3.05) is 44.7 Å². The Kier molecular flexibility index (Phi) is 7.04. The maximum Gasteiger partial charge on any atom is 0.194 e. The molecule has 1 aromatic heterocycles. The van der Waals surface area contributed by atoms with Gasteiger partial charge in [0.25, 0.3) is 0 Å². The Bertz CT molecular complexity index is 709. The lowest BCUT2D eigenvalue weighted by molar-refractivity contribution is 0.134. The Morgan fingerprint density at radius 3 is 2.44 bits per heavy atom. The summed E-state index contributed by atoms with van der Waals surface area (Å²) >= 11 is 0. The lowest BCUT2D eigenvalue weighted by Crippen LogP contribution is -2.52. The summed E-state index contributed by atoms with van der Waals surface area (Å²) in [6.07, 6.45) is 1.85. The zero-order valence-electron chi connectivity index (χ0n) is 16.3. The second-order valence-corrected chi connectivity index (χ2v) is 6.52. The van der Waals surface area contributed by atoms with Crippen LogP contribution in [-0.4, -0.2) is 55.7 Å². The number of benzene rings is 1. The molecule has 2 heterocycles. The molecule has 6 heteroatoms. The third kappa shape index (κ3) is 5.44. The fourth-order valence-electron chi connectivity index (χ4n) is 3.17. The molecule has 1 saturated heterocycles. The molecule has 3 rings (SSSR count). The number of rotatable bonds is 6. The van der Waals surface area contributed by atoms with Crippen molar-refractivity contribution >= 4 is 11.8 Å². The first kappa shape index (κ1) is 19.2. The smallest absolute Gasteiger partial charge is 0.194 e. The van der Waals surface area contributed by atoms with Gasteiger partial charge in [-0.2, -0.15) is 0 Å². The fourth-order valence-corrected chi connectivity index (χ4v) is 3.17. The fraction of sp³-hybridized carbons (Fsp3) is 0.429. The molecule has 1 fully saturated rings. The van der Waals surface area contributed by atoms with E-state index in [4.69, 9.17) is 4.74 Å². The Balaban J connectivity index is 1.48. The number of ether oxygens (including phenoxy) is 1. The summed E-state index contributed by atoms with van der Waals surface area (Å²) in [5.41, 5.74) is 2.44. The van der Waals surface area contributed by atoms with Crippen molar-refractivity contribution in [1.82, 2.24) is 15.2 Å². The summed E-state index contributed by atoms with van der Waals surface area (Å²) in [7, 11) is 1.85. The van der Waals surface area contributed by atoms with Gasteiger partial charge in [0, 0.05) is 52.6 Å². The van der Waals surface area contributed by atoms with Crippen molar-refractivity contribution in [2.45, 2.75) is 20.1 Å². The molecule has 27 heavy (non-hydrogen) atoms. The molecule has 0 aliphatic carbocycles. The van der Waals surface area contributed by atoms with Gasteiger partial charge in [-0.1, -0.05) is 30.3 Å². The predicted molar refractivity (Wildman–Crippen MR) is 110 cm³/mol. The highest BCUT2D eigenvalue weighted by Gasteiger charge is 2.20. The van der Waals surface area contributed by atoms with E-state index in [1.165, 1.54) is 11.1 Å². The highest BCUT2D eigenvalue weighted by Crippen LogP contribution is 2.13. The van der Waals surface area contributed by atoms with Crippen LogP contribution in [0.2, 0.25) is 0 Å². The molecule has 0 spiro atoms. The van der Waals surface area contributed by atoms with Crippen molar-refractivity contribution in [3.8, 4) is 0 Å². The topological polar surface area (TPSA) is 53.0 Å². The highest BCUT2D eigenvalue weighted by atomic mass is 16.5. The monoisotopic (exact) mass is 367 g/mol. The van der Waals surface area contributed by atoms with Crippen LogP contribution >= 0.6 is 0 Å². The van der Waals surface area contributed by atoms with Crippen molar-refractivity contribution in [1.29, 1.82) is 0 Å². The molecule has 0 saturated carbocycles. The van der Waals surface area contributed by atoms with E-state index in [1.807, 2.05) is 32.3 Å². The van der Waals surface area contributed by atoms with E-state index >= 15 is 0 Å². The van der Waals surface area contributed by atoms with Crippen molar-refractivity contribution in [2.24, 2.45) is 4.99 Å². The average molecular weight is 367 g/mol. The predicted octanol–water partition coefficient (Wildman–Crippen LogP) is 2.52. The van der Waals surface area contributed by atoms with Crippen LogP contribution in [0.4, 0.5) is 5.82 Å². The van der Waals surface area contributed by atoms with Crippen LogP contribution in [0.5, 0.6) is 0 Å². The van der Waals surface area contributed by atoms with E-state index in [0.717, 1.165) is 51.1 Å². The van der Waals surface area contributed by atoms with E-state index in [1.54, 1.807) is 0 Å². The first-order valence-electron chi connectivity index (χ1n) is 9.57. The maximum atomic E-state index is 5.45. The van der Waals surface area contributed by atoms with Gasteiger partial charge in [-0.05, 0) is 30.2 Å². The number of pyridine rings is 1. The van der Waals surface area contributed by atoms with Gasteiger partial charge in [0.2, 0.25) is 0 Å². The van der Waals surface area contributed by atoms with Crippen LogP contribution in [0, 0.1) is 0 Å². The van der Waals surface area contributed by atoms with Crippen LogP contribution in [0.3, 0.4) is 0 Å². The SMILES string of the molecule is CCOCc1ccc(CNC(=NC)N2CCN(c3ccccn3)CC2)cc1. The van der Waals surface area contributed by atoms with E-state index < -0.39 is 0 Å². The number of aliphatic imine (C=N–C) groups is 1. The van der Waals surface area contributed by atoms with Gasteiger partial charge in [0.1, 0.15) is 5.82 Å². The zero-order valence-corrected chi connectivity index (χ0v) is 16.3. The number of nitrogens with zero attached hydrogens (tertiary/aromatic N) is 4. The Labute approximate surface area is 161 Å². The van der Waals surface area contributed by atoms with Gasteiger partial charge in [-0.25, -0.2) is 4.98 Å². The molecular formula is C21H29N5O. The minimum Gasteiger partial charge on any atom is -0.377 e. The van der Waals surface area contributed by atoms with Crippen LogP contribution in [0.15, 0.2) is 53.7 Å². The summed E-state index contributed by atoms with van der Waals surface area (Å²) in [6.45, 7) is 7.96. The van der Waals surface area contributed by atoms with Crippen LogP contribution in [-0.2, 0) is 17.9 Å². The minimum absolute atomic E-state index is 0.673. The second-order valence-electron chi connectivity index (χ2n) is 6.52. The number of anilines is 1. The van der Waals surface area contributed by atoms with E-state index in [2.05, 4.69) is 55.4 Å². The molecule has 1 aromatic carbocycles. The van der Waals surface area contributed by atoms with E-state index in [9.17, 15) is 0 Å². The molecule has 1 aliphatic heterocycles. The summed E-state index contributed by atoms with van der Waals surface area (Å²) in [5, 5.41) is 3.48. The lowest BCUT2D eigenvalue weighted by Gasteiger charge is -2.37. The molecular weight excluding hydrogens is 338 g/mol. The number of aromatic nitrogens is 1. The summed E-state index contributed by atoms with van der Waals surface area (Å²) in [5.74, 6) is 2.00. The lowest BCUT2D eigenvalue weighted by atomic mass is 10.1. The normalized spacial score (nSPS) is 15.1. The van der Waals surface area contributed by atoms with E-state index in [0.29, 0.717) is 6.61 Å². The largest absolute Gasteiger partial charge is 0.377 e. The Morgan fingerprint density at radius 1 is 1.07 bits per heavy atom. The molecule has 0 bridgehead atoms. The molecule has 0 atom stereocenters. The van der Waals surface area contributed by atoms with Crippen LogP contribution in [0.25, 0.3) is 0 Å². The molecule has 0 unspecified atom stereocenters. The standard InChI is InChI=1S/C21H29N5O/c1-3-27-17-19-9-7-18(8-10-19)16-24-21(22-2)26-14-12-25(13-15-26)20-6-4-5-11-23-20/h4-11H,3,12-17H2,1-2H3,(H,22,24). The third-order valence-corrected chi connectivity index (χ3v) is 4.71. The number of hydrogen-bond acceptors (Lipinski definition) is 4. The Morgan fingerprint density at radius 2 is 1.81 bits per heavy atom. The summed E-state index contributed by atoms with van der Waals surface area (Å²) in [4.78, 5) is 13.5. The number of hydrogen-bond donors (Lipinski definition) is 1. The van der Waals surface area contributed by atoms with Gasteiger partial charge in [-0.15, -0.1) is 0 Å². The van der Waals surface area contributed by atoms with E-state index in [-0.39, 0.29) is 0 Å². The molecule has 144 valence electrons. The van der Waals surface area contributed by atoms with Crippen molar-refractivity contribution in [3.63, 3.8) is 0 Å². The molecule has 6 nitrogen and oxygen atoms in total. The second kappa shape index (κ2) is 9.92. The minimum atomic E-state index is 0.673. The summed E-state index contributed by atoms with van der Waals surface area (Å²) < 4.78 is 5.45. The van der Waals surface area contributed by atoms with Crippen LogP contribution in [0.1, 0.15) is 18.1 Å². The van der Waals surface area contributed by atoms with Crippen molar-refractivity contribution in [3.05, 3.63) is 59.8 Å². The number of nitrogens with one attached hydrogen (secondary N) is 1. The van der Waals surface area contributed by atoms with Crippen LogP contribution < -0.4 is 10.2 Å². The molecule has 0 amide bonds. The quantitative estimate of drug-likeness (QED) is 0.628. The average Bonchev–Trinajstić information content (AvgIpc) is 2.74. The number of guanidine groups is 1.